The van der Waals surface area contributed by atoms with Crippen LogP contribution in [0, 0.1) is 28.8 Å². The van der Waals surface area contributed by atoms with Crippen molar-refractivity contribution in [1.82, 2.24) is 14.3 Å². The normalized spacial score (nSPS) is 11.7. The van der Waals surface area contributed by atoms with Gasteiger partial charge in [0, 0.05) is 34.0 Å². The van der Waals surface area contributed by atoms with Gasteiger partial charge in [0.05, 0.1) is 47.8 Å². The van der Waals surface area contributed by atoms with Gasteiger partial charge in [-0.25, -0.2) is 22.5 Å². The molecule has 0 unspecified atom stereocenters. The Morgan fingerprint density at radius 2 is 1.64 bits per heavy atom. The number of carbonyl (C=O) groups excluding carboxylic acids is 1. The number of ether oxygens (including phenoxy) is 1. The smallest absolute Gasteiger partial charge is 0.418 e. The maximum Gasteiger partial charge on any atom is 0.418 e. The summed E-state index contributed by atoms with van der Waals surface area (Å²) in [5.74, 6) is -3.60. The van der Waals surface area contributed by atoms with E-state index in [1.165, 1.54) is 23.8 Å². The maximum absolute atomic E-state index is 14.7. The van der Waals surface area contributed by atoms with Crippen molar-refractivity contribution in [2.45, 2.75) is 12.7 Å². The molecule has 6 aromatic rings. The lowest BCUT2D eigenvalue weighted by Crippen LogP contribution is -2.12. The summed E-state index contributed by atoms with van der Waals surface area (Å²) < 4.78 is 92.2. The van der Waals surface area contributed by atoms with Crippen molar-refractivity contribution in [2.75, 3.05) is 7.11 Å². The second-order valence-corrected chi connectivity index (χ2v) is 9.85. The van der Waals surface area contributed by atoms with Gasteiger partial charge in [-0.1, -0.05) is 30.3 Å². The molecule has 0 aliphatic rings. The lowest BCUT2D eigenvalue weighted by Gasteiger charge is -2.12. The summed E-state index contributed by atoms with van der Waals surface area (Å²) in [5, 5.41) is 14.1. The molecule has 4 aromatic carbocycles. The van der Waals surface area contributed by atoms with Crippen LogP contribution in [0.2, 0.25) is 0 Å². The molecule has 0 saturated heterocycles. The number of aromatic nitrogens is 3. The number of methoxy groups -OCH3 is 1. The predicted molar refractivity (Wildman–Crippen MR) is 149 cm³/mol. The number of nitriles is 1. The molecule has 6 rings (SSSR count). The van der Waals surface area contributed by atoms with Crippen molar-refractivity contribution in [3.8, 4) is 28.6 Å². The van der Waals surface area contributed by atoms with E-state index >= 15 is 0 Å². The molecule has 0 saturated carbocycles. The Labute approximate surface area is 244 Å². The van der Waals surface area contributed by atoms with Gasteiger partial charge in [-0.2, -0.15) is 23.5 Å². The Balaban J connectivity index is 1.60. The number of fused-ring (bicyclic) bond motifs is 2. The van der Waals surface area contributed by atoms with Crippen LogP contribution in [0.1, 0.15) is 16.7 Å². The van der Waals surface area contributed by atoms with Crippen LogP contribution in [-0.2, 0) is 17.5 Å². The van der Waals surface area contributed by atoms with E-state index in [1.807, 2.05) is 6.07 Å². The molecule has 0 aliphatic carbocycles. The predicted octanol–water partition coefficient (Wildman–Crippen LogP) is 8.30. The van der Waals surface area contributed by atoms with E-state index in [9.17, 15) is 36.4 Å². The Morgan fingerprint density at radius 1 is 0.932 bits per heavy atom. The van der Waals surface area contributed by atoms with Crippen molar-refractivity contribution in [3.63, 3.8) is 0 Å². The maximum atomic E-state index is 14.7. The summed E-state index contributed by atoms with van der Waals surface area (Å²) in [6.07, 6.45) is -5.51. The minimum atomic E-state index is -4.78. The van der Waals surface area contributed by atoms with Crippen LogP contribution >= 0.6 is 0 Å². The summed E-state index contributed by atoms with van der Waals surface area (Å²) in [4.78, 5) is 12.9. The molecular formula is C32H18F6N4O2. The average molecular weight is 605 g/mol. The molecule has 0 bridgehead atoms. The zero-order chi connectivity index (χ0) is 31.3. The number of hydrogen-bond acceptors (Lipinski definition) is 4. The van der Waals surface area contributed by atoms with Gasteiger partial charge in [0.15, 0.2) is 0 Å². The fourth-order valence-corrected chi connectivity index (χ4v) is 5.28. The summed E-state index contributed by atoms with van der Waals surface area (Å²) in [7, 11) is 1.20. The molecule has 0 aliphatic heterocycles. The van der Waals surface area contributed by atoms with Crippen molar-refractivity contribution < 1.29 is 35.9 Å². The van der Waals surface area contributed by atoms with Gasteiger partial charge in [-0.05, 0) is 42.0 Å². The molecule has 44 heavy (non-hydrogen) atoms. The van der Waals surface area contributed by atoms with E-state index < -0.39 is 52.9 Å². The van der Waals surface area contributed by atoms with Gasteiger partial charge in [-0.3, -0.25) is 4.68 Å². The Morgan fingerprint density at radius 3 is 2.32 bits per heavy atom. The summed E-state index contributed by atoms with van der Waals surface area (Å²) >= 11 is 0. The minimum Gasteiger partial charge on any atom is -0.452 e. The van der Waals surface area contributed by atoms with Gasteiger partial charge in [0.25, 0.3) is 0 Å². The summed E-state index contributed by atoms with van der Waals surface area (Å²) in [5.41, 5.74) is -0.0824. The van der Waals surface area contributed by atoms with E-state index in [0.717, 1.165) is 10.7 Å². The molecule has 12 heteroatoms. The topological polar surface area (TPSA) is 72.8 Å². The van der Waals surface area contributed by atoms with Crippen LogP contribution in [0.25, 0.3) is 44.3 Å². The van der Waals surface area contributed by atoms with Crippen LogP contribution in [0.5, 0.6) is 0 Å². The largest absolute Gasteiger partial charge is 0.452 e. The SMILES string of the molecule is COC(=O)n1c(-c2cccc(-c3c4cccc(C(F)(F)F)c4nn3Cc3c(F)cc(F)cc3F)c2)cc2cc(C#N)ccc21. The van der Waals surface area contributed by atoms with E-state index in [1.54, 1.807) is 48.5 Å². The number of alkyl halides is 3. The lowest BCUT2D eigenvalue weighted by atomic mass is 10.0. The molecule has 0 spiro atoms. The van der Waals surface area contributed by atoms with E-state index in [2.05, 4.69) is 5.10 Å². The first-order valence-corrected chi connectivity index (χ1v) is 12.9. The molecule has 2 aromatic heterocycles. The quantitative estimate of drug-likeness (QED) is 0.190. The van der Waals surface area contributed by atoms with E-state index in [0.29, 0.717) is 45.4 Å². The molecular weight excluding hydrogens is 586 g/mol. The Bertz CT molecular complexity index is 2130. The van der Waals surface area contributed by atoms with Crippen molar-refractivity contribution in [2.24, 2.45) is 0 Å². The van der Waals surface area contributed by atoms with Crippen molar-refractivity contribution in [1.29, 1.82) is 5.26 Å². The number of carbonyl (C=O) groups is 1. The second kappa shape index (κ2) is 10.6. The van der Waals surface area contributed by atoms with Crippen LogP contribution in [0.15, 0.2) is 78.9 Å². The van der Waals surface area contributed by atoms with Gasteiger partial charge in [0.1, 0.15) is 23.0 Å². The highest BCUT2D eigenvalue weighted by Crippen LogP contribution is 2.39. The molecule has 0 N–H and O–H groups in total. The molecule has 2 heterocycles. The van der Waals surface area contributed by atoms with Crippen LogP contribution < -0.4 is 0 Å². The number of halogens is 6. The van der Waals surface area contributed by atoms with E-state index in [-0.39, 0.29) is 11.1 Å². The molecule has 0 atom stereocenters. The van der Waals surface area contributed by atoms with Crippen molar-refractivity contribution in [3.05, 3.63) is 113 Å². The minimum absolute atomic E-state index is 0.0482. The first-order chi connectivity index (χ1) is 21.0. The lowest BCUT2D eigenvalue weighted by molar-refractivity contribution is -0.136. The highest BCUT2D eigenvalue weighted by molar-refractivity contribution is 5.99. The molecule has 0 fully saturated rings. The monoisotopic (exact) mass is 604 g/mol. The molecule has 0 radical (unpaired) electrons. The van der Waals surface area contributed by atoms with Crippen LogP contribution in [0.4, 0.5) is 31.1 Å². The number of hydrogen-bond donors (Lipinski definition) is 0. The summed E-state index contributed by atoms with van der Waals surface area (Å²) in [6, 6.07) is 19.3. The molecule has 6 nitrogen and oxygen atoms in total. The fourth-order valence-electron chi connectivity index (χ4n) is 5.28. The molecule has 220 valence electrons. The van der Waals surface area contributed by atoms with Gasteiger partial charge in [0.2, 0.25) is 0 Å². The number of benzene rings is 4. The van der Waals surface area contributed by atoms with Gasteiger partial charge in [-0.15, -0.1) is 0 Å². The zero-order valence-electron chi connectivity index (χ0n) is 22.6. The van der Waals surface area contributed by atoms with E-state index in [4.69, 9.17) is 4.74 Å². The highest BCUT2D eigenvalue weighted by Gasteiger charge is 2.35. The Kier molecular flexibility index (Phi) is 6.88. The van der Waals surface area contributed by atoms with Crippen LogP contribution in [-0.4, -0.2) is 27.6 Å². The van der Waals surface area contributed by atoms with Gasteiger partial charge < -0.3 is 4.74 Å². The third kappa shape index (κ3) is 4.82. The van der Waals surface area contributed by atoms with Gasteiger partial charge >= 0.3 is 12.3 Å². The van der Waals surface area contributed by atoms with Crippen molar-refractivity contribution >= 4 is 27.9 Å². The zero-order valence-corrected chi connectivity index (χ0v) is 22.6. The summed E-state index contributed by atoms with van der Waals surface area (Å²) in [6.45, 7) is -0.650. The third-order valence-electron chi connectivity index (χ3n) is 7.21. The number of nitrogens with zero attached hydrogens (tertiary/aromatic N) is 4. The second-order valence-electron chi connectivity index (χ2n) is 9.85. The fraction of sp³-hybridized carbons (Fsp3) is 0.0938. The Hall–Kier alpha value is -5.57. The standard InChI is InChI=1S/C32H18F6N4O2/c1-44-31(43)42-27-9-8-17(15-39)10-20(27)12-28(42)18-4-2-5-19(11-18)30-22-6-3-7-24(32(36,37)38)29(22)40-41(30)16-23-25(34)13-21(33)14-26(23)35/h2-14H,16H2,1H3. The van der Waals surface area contributed by atoms with Crippen LogP contribution in [0.3, 0.4) is 0 Å². The molecule has 0 amide bonds. The average Bonchev–Trinajstić information content (AvgIpc) is 3.56. The first-order valence-electron chi connectivity index (χ1n) is 12.9. The third-order valence-corrected chi connectivity index (χ3v) is 7.21. The highest BCUT2D eigenvalue weighted by atomic mass is 19.4. The number of rotatable bonds is 4. The first kappa shape index (κ1) is 28.5.